The Morgan fingerprint density at radius 1 is 1.06 bits per heavy atom. The van der Waals surface area contributed by atoms with Crippen molar-refractivity contribution in [2.45, 2.75) is 63.5 Å². The molecule has 8 heteroatoms. The number of hydrogen-bond acceptors (Lipinski definition) is 6. The molecule has 2 amide bonds. The van der Waals surface area contributed by atoms with Crippen LogP contribution in [0.3, 0.4) is 0 Å². The minimum atomic E-state index is -0.368. The van der Waals surface area contributed by atoms with E-state index < -0.39 is 0 Å². The number of likely N-dealkylation sites (tertiary alicyclic amines) is 1. The van der Waals surface area contributed by atoms with Crippen molar-refractivity contribution in [1.82, 2.24) is 10.2 Å². The van der Waals surface area contributed by atoms with Crippen LogP contribution in [0.25, 0.3) is 0 Å². The molecule has 0 aromatic heterocycles. The Morgan fingerprint density at radius 3 is 2.33 bits per heavy atom. The number of rotatable bonds is 5. The van der Waals surface area contributed by atoms with Crippen molar-refractivity contribution in [2.75, 3.05) is 42.9 Å². The van der Waals surface area contributed by atoms with Crippen LogP contribution in [0.4, 0.5) is 15.8 Å². The summed E-state index contributed by atoms with van der Waals surface area (Å²) in [5.41, 5.74) is 7.83. The van der Waals surface area contributed by atoms with Gasteiger partial charge in [-0.2, -0.15) is 0 Å². The van der Waals surface area contributed by atoms with Crippen LogP contribution in [0.2, 0.25) is 0 Å². The van der Waals surface area contributed by atoms with Crippen LogP contribution in [0.5, 0.6) is 0 Å². The molecule has 3 aliphatic heterocycles. The van der Waals surface area contributed by atoms with E-state index in [4.69, 9.17) is 5.73 Å². The molecule has 0 bridgehead atoms. The average molecular weight is 458 g/mol. The highest BCUT2D eigenvalue weighted by atomic mass is 19.1. The summed E-state index contributed by atoms with van der Waals surface area (Å²) in [6, 6.07) is 5.30. The van der Waals surface area contributed by atoms with Crippen molar-refractivity contribution >= 4 is 23.2 Å². The Labute approximate surface area is 195 Å². The normalized spacial score (nSPS) is 25.2. The molecular weight excluding hydrogens is 421 g/mol. The molecule has 33 heavy (non-hydrogen) atoms. The molecule has 1 aromatic carbocycles. The third-order valence-electron chi connectivity index (χ3n) is 8.26. The fraction of sp³-hybridized carbons (Fsp3) is 0.680. The third-order valence-corrected chi connectivity index (χ3v) is 8.26. The molecule has 5 rings (SSSR count). The average Bonchev–Trinajstić information content (AvgIpc) is 2.76. The lowest BCUT2D eigenvalue weighted by Gasteiger charge is -2.51. The number of carbonyl (C=O) groups excluding carboxylic acids is 2. The fourth-order valence-electron chi connectivity index (χ4n) is 6.33. The van der Waals surface area contributed by atoms with Gasteiger partial charge in [-0.05, 0) is 81.1 Å². The molecule has 0 atom stereocenters. The summed E-state index contributed by atoms with van der Waals surface area (Å²) >= 11 is 0. The number of nitrogens with two attached hydrogens (primary N) is 1. The number of halogens is 1. The Hall–Kier alpha value is -2.19. The highest BCUT2D eigenvalue weighted by Gasteiger charge is 2.44. The van der Waals surface area contributed by atoms with Crippen LogP contribution < -0.4 is 21.3 Å². The van der Waals surface area contributed by atoms with E-state index in [1.54, 1.807) is 12.1 Å². The lowest BCUT2D eigenvalue weighted by Crippen LogP contribution is -2.52. The molecule has 4 fully saturated rings. The first-order chi connectivity index (χ1) is 15.9. The zero-order chi connectivity index (χ0) is 23.0. The largest absolute Gasteiger partial charge is 0.379 e. The number of hydrogen-bond donors (Lipinski definition) is 3. The first-order valence-electron chi connectivity index (χ1n) is 12.5. The molecule has 4 aliphatic rings. The quantitative estimate of drug-likeness (QED) is 0.589. The number of nitrogens with zero attached hydrogens (tertiary/aromatic N) is 2. The number of imide groups is 1. The van der Waals surface area contributed by atoms with Gasteiger partial charge in [0.1, 0.15) is 5.82 Å². The molecule has 3 heterocycles. The number of piperidine rings is 3. The van der Waals surface area contributed by atoms with E-state index in [-0.39, 0.29) is 36.5 Å². The van der Waals surface area contributed by atoms with Crippen LogP contribution in [0, 0.1) is 17.2 Å². The monoisotopic (exact) mass is 457 g/mol. The summed E-state index contributed by atoms with van der Waals surface area (Å²) < 4.78 is 14.8. The zero-order valence-electron chi connectivity index (χ0n) is 19.3. The van der Waals surface area contributed by atoms with Gasteiger partial charge in [-0.3, -0.25) is 14.9 Å². The SMILES string of the molecule is NC1CC2(CCN(CC3CCN(c4ccc(NC5CC(=O)NC(=O)C5)c(F)c4)CC3)CC2)C1. The lowest BCUT2D eigenvalue weighted by atomic mass is 9.60. The minimum absolute atomic E-state index is 0.173. The highest BCUT2D eigenvalue weighted by Crippen LogP contribution is 2.48. The van der Waals surface area contributed by atoms with E-state index in [1.165, 1.54) is 45.3 Å². The van der Waals surface area contributed by atoms with Crippen molar-refractivity contribution in [3.8, 4) is 0 Å². The number of carbonyl (C=O) groups is 2. The molecule has 1 aliphatic carbocycles. The van der Waals surface area contributed by atoms with Crippen LogP contribution >= 0.6 is 0 Å². The molecular formula is C25H36FN5O2. The summed E-state index contributed by atoms with van der Waals surface area (Å²) in [5, 5.41) is 5.30. The third kappa shape index (κ3) is 5.17. The predicted octanol–water partition coefficient (Wildman–Crippen LogP) is 2.46. The fourth-order valence-corrected chi connectivity index (χ4v) is 6.33. The molecule has 0 radical (unpaired) electrons. The van der Waals surface area contributed by atoms with Gasteiger partial charge in [0, 0.05) is 50.2 Å². The minimum Gasteiger partial charge on any atom is -0.379 e. The van der Waals surface area contributed by atoms with E-state index in [1.807, 2.05) is 6.07 Å². The van der Waals surface area contributed by atoms with Crippen molar-refractivity contribution in [3.63, 3.8) is 0 Å². The maximum Gasteiger partial charge on any atom is 0.228 e. The molecule has 4 N–H and O–H groups in total. The Kier molecular flexibility index (Phi) is 6.31. The van der Waals surface area contributed by atoms with E-state index in [0.29, 0.717) is 23.1 Å². The molecule has 1 aromatic rings. The highest BCUT2D eigenvalue weighted by molar-refractivity contribution is 5.98. The van der Waals surface area contributed by atoms with Gasteiger partial charge in [0.25, 0.3) is 0 Å². The number of nitrogens with one attached hydrogen (secondary N) is 2. The van der Waals surface area contributed by atoms with E-state index in [2.05, 4.69) is 20.4 Å². The van der Waals surface area contributed by atoms with E-state index in [9.17, 15) is 14.0 Å². The number of amides is 2. The number of anilines is 2. The smallest absolute Gasteiger partial charge is 0.228 e. The van der Waals surface area contributed by atoms with Crippen LogP contribution in [-0.2, 0) is 9.59 Å². The van der Waals surface area contributed by atoms with Gasteiger partial charge in [-0.1, -0.05) is 0 Å². The van der Waals surface area contributed by atoms with Gasteiger partial charge in [0.2, 0.25) is 11.8 Å². The molecule has 1 saturated carbocycles. The van der Waals surface area contributed by atoms with Gasteiger partial charge in [-0.15, -0.1) is 0 Å². The van der Waals surface area contributed by atoms with Crippen LogP contribution in [0.1, 0.15) is 51.4 Å². The van der Waals surface area contributed by atoms with Gasteiger partial charge in [-0.25, -0.2) is 4.39 Å². The first-order valence-corrected chi connectivity index (χ1v) is 12.5. The van der Waals surface area contributed by atoms with Crippen LogP contribution in [-0.4, -0.2) is 61.5 Å². The van der Waals surface area contributed by atoms with Crippen molar-refractivity contribution in [1.29, 1.82) is 0 Å². The van der Waals surface area contributed by atoms with Crippen molar-refractivity contribution in [3.05, 3.63) is 24.0 Å². The number of benzene rings is 1. The van der Waals surface area contributed by atoms with E-state index >= 15 is 0 Å². The second-order valence-corrected chi connectivity index (χ2v) is 10.8. The van der Waals surface area contributed by atoms with Crippen molar-refractivity contribution < 1.29 is 14.0 Å². The second-order valence-electron chi connectivity index (χ2n) is 10.8. The maximum absolute atomic E-state index is 14.8. The molecule has 3 saturated heterocycles. The van der Waals surface area contributed by atoms with Gasteiger partial charge >= 0.3 is 0 Å². The molecule has 180 valence electrons. The summed E-state index contributed by atoms with van der Waals surface area (Å²) in [5.74, 6) is -0.273. The Morgan fingerprint density at radius 2 is 1.73 bits per heavy atom. The Balaban J connectivity index is 1.09. The summed E-state index contributed by atoms with van der Waals surface area (Å²) in [6.45, 7) is 5.49. The van der Waals surface area contributed by atoms with E-state index in [0.717, 1.165) is 31.6 Å². The predicted molar refractivity (Wildman–Crippen MR) is 126 cm³/mol. The molecule has 0 unspecified atom stereocenters. The molecule has 1 spiro atoms. The van der Waals surface area contributed by atoms with Gasteiger partial charge in [0.05, 0.1) is 5.69 Å². The van der Waals surface area contributed by atoms with Gasteiger partial charge in [0.15, 0.2) is 0 Å². The maximum atomic E-state index is 14.8. The van der Waals surface area contributed by atoms with Gasteiger partial charge < -0.3 is 20.9 Å². The summed E-state index contributed by atoms with van der Waals surface area (Å²) in [6.07, 6.45) is 7.66. The first kappa shape index (κ1) is 22.6. The second kappa shape index (κ2) is 9.22. The molecule has 7 nitrogen and oxygen atoms in total. The zero-order valence-corrected chi connectivity index (χ0v) is 19.3. The topological polar surface area (TPSA) is 90.7 Å². The summed E-state index contributed by atoms with van der Waals surface area (Å²) in [4.78, 5) is 28.0. The summed E-state index contributed by atoms with van der Waals surface area (Å²) in [7, 11) is 0. The Bertz CT molecular complexity index is 869. The lowest BCUT2D eigenvalue weighted by molar-refractivity contribution is -0.133. The van der Waals surface area contributed by atoms with Crippen LogP contribution in [0.15, 0.2) is 18.2 Å². The van der Waals surface area contributed by atoms with Crippen molar-refractivity contribution in [2.24, 2.45) is 17.1 Å². The standard InChI is InChI=1S/C25H36FN5O2/c26-21-13-20(1-2-22(21)28-19-11-23(32)29-24(33)12-19)31-7-3-17(4-8-31)16-30-9-5-25(6-10-30)14-18(27)15-25/h1-2,13,17-19,28H,3-12,14-16,27H2,(H,29,32,33).